The Hall–Kier alpha value is -1.10. The standard InChI is InChI=1S/C10H20N2O3/c1-7(2)9(10(14)15)12-6-4-3-5-8(11)13/h7,9,12H,3-6H2,1-2H3,(H2,11,13)(H,14,15). The van der Waals surface area contributed by atoms with E-state index in [9.17, 15) is 9.59 Å². The molecule has 0 bridgehead atoms. The molecule has 0 aromatic heterocycles. The highest BCUT2D eigenvalue weighted by Crippen LogP contribution is 2.02. The molecule has 0 saturated carbocycles. The summed E-state index contributed by atoms with van der Waals surface area (Å²) >= 11 is 0. The molecule has 0 aliphatic rings. The van der Waals surface area contributed by atoms with Gasteiger partial charge in [0.1, 0.15) is 6.04 Å². The van der Waals surface area contributed by atoms with Crippen LogP contribution >= 0.6 is 0 Å². The van der Waals surface area contributed by atoms with Gasteiger partial charge in [-0.05, 0) is 25.3 Å². The zero-order valence-electron chi connectivity index (χ0n) is 9.32. The first-order valence-electron chi connectivity index (χ1n) is 5.19. The molecule has 5 nitrogen and oxygen atoms in total. The van der Waals surface area contributed by atoms with E-state index in [1.807, 2.05) is 13.8 Å². The van der Waals surface area contributed by atoms with Crippen molar-refractivity contribution < 1.29 is 14.7 Å². The molecule has 0 saturated heterocycles. The molecule has 5 heteroatoms. The van der Waals surface area contributed by atoms with E-state index in [2.05, 4.69) is 5.32 Å². The minimum atomic E-state index is -0.833. The summed E-state index contributed by atoms with van der Waals surface area (Å²) in [6.07, 6.45) is 1.83. The predicted molar refractivity (Wildman–Crippen MR) is 57.3 cm³/mol. The van der Waals surface area contributed by atoms with Crippen LogP contribution in [0.3, 0.4) is 0 Å². The van der Waals surface area contributed by atoms with Gasteiger partial charge in [0.15, 0.2) is 0 Å². The van der Waals surface area contributed by atoms with Crippen LogP contribution in [0, 0.1) is 5.92 Å². The summed E-state index contributed by atoms with van der Waals surface area (Å²) in [7, 11) is 0. The lowest BCUT2D eigenvalue weighted by atomic mass is 10.0. The molecule has 0 aliphatic heterocycles. The van der Waals surface area contributed by atoms with Gasteiger partial charge in [0.25, 0.3) is 0 Å². The van der Waals surface area contributed by atoms with E-state index in [1.165, 1.54) is 0 Å². The number of amides is 1. The maximum Gasteiger partial charge on any atom is 0.320 e. The van der Waals surface area contributed by atoms with Crippen LogP contribution in [0.15, 0.2) is 0 Å². The quantitative estimate of drug-likeness (QED) is 0.510. The number of aliphatic carboxylic acids is 1. The van der Waals surface area contributed by atoms with Crippen molar-refractivity contribution in [1.29, 1.82) is 0 Å². The van der Waals surface area contributed by atoms with Crippen LogP contribution in [0.5, 0.6) is 0 Å². The van der Waals surface area contributed by atoms with Gasteiger partial charge in [0.05, 0.1) is 0 Å². The molecule has 1 unspecified atom stereocenters. The Bertz CT molecular complexity index is 217. The van der Waals surface area contributed by atoms with Crippen LogP contribution in [0.1, 0.15) is 33.1 Å². The van der Waals surface area contributed by atoms with E-state index in [0.717, 1.165) is 6.42 Å². The normalized spacial score (nSPS) is 12.7. The average molecular weight is 216 g/mol. The number of hydrogen-bond donors (Lipinski definition) is 3. The van der Waals surface area contributed by atoms with E-state index in [0.29, 0.717) is 19.4 Å². The Kier molecular flexibility index (Phi) is 6.70. The first kappa shape index (κ1) is 13.9. The number of carboxylic acid groups (broad SMARTS) is 1. The largest absolute Gasteiger partial charge is 0.480 e. The van der Waals surface area contributed by atoms with Gasteiger partial charge in [-0.25, -0.2) is 0 Å². The van der Waals surface area contributed by atoms with Gasteiger partial charge >= 0.3 is 5.97 Å². The van der Waals surface area contributed by atoms with Crippen LogP contribution in [0.25, 0.3) is 0 Å². The molecular formula is C10H20N2O3. The molecule has 0 rings (SSSR count). The summed E-state index contributed by atoms with van der Waals surface area (Å²) in [5.74, 6) is -1.09. The van der Waals surface area contributed by atoms with E-state index in [1.54, 1.807) is 0 Å². The Morgan fingerprint density at radius 1 is 1.33 bits per heavy atom. The lowest BCUT2D eigenvalue weighted by molar-refractivity contribution is -0.140. The number of nitrogens with one attached hydrogen (secondary N) is 1. The molecule has 0 spiro atoms. The number of carboxylic acids is 1. The number of hydrogen-bond acceptors (Lipinski definition) is 3. The summed E-state index contributed by atoms with van der Waals surface area (Å²) < 4.78 is 0. The lowest BCUT2D eigenvalue weighted by Gasteiger charge is -2.17. The summed E-state index contributed by atoms with van der Waals surface area (Å²) in [6, 6.07) is -0.515. The van der Waals surface area contributed by atoms with E-state index >= 15 is 0 Å². The second-order valence-corrected chi connectivity index (χ2v) is 3.94. The fourth-order valence-corrected chi connectivity index (χ4v) is 1.29. The first-order valence-corrected chi connectivity index (χ1v) is 5.19. The molecule has 88 valence electrons. The Morgan fingerprint density at radius 2 is 1.93 bits per heavy atom. The zero-order valence-corrected chi connectivity index (χ0v) is 9.32. The van der Waals surface area contributed by atoms with Crippen LogP contribution in [-0.2, 0) is 9.59 Å². The van der Waals surface area contributed by atoms with Gasteiger partial charge in [-0.3, -0.25) is 9.59 Å². The minimum Gasteiger partial charge on any atom is -0.480 e. The van der Waals surface area contributed by atoms with Crippen LogP contribution < -0.4 is 11.1 Å². The van der Waals surface area contributed by atoms with Gasteiger partial charge in [0.2, 0.25) is 5.91 Å². The van der Waals surface area contributed by atoms with Crippen molar-refractivity contribution in [3.63, 3.8) is 0 Å². The molecule has 15 heavy (non-hydrogen) atoms. The Morgan fingerprint density at radius 3 is 2.33 bits per heavy atom. The average Bonchev–Trinajstić information content (AvgIpc) is 2.08. The highest BCUT2D eigenvalue weighted by Gasteiger charge is 2.19. The lowest BCUT2D eigenvalue weighted by Crippen LogP contribution is -2.41. The van der Waals surface area contributed by atoms with Crippen molar-refractivity contribution in [3.8, 4) is 0 Å². The first-order chi connectivity index (χ1) is 6.95. The van der Waals surface area contributed by atoms with Crippen molar-refractivity contribution in [3.05, 3.63) is 0 Å². The molecule has 0 radical (unpaired) electrons. The van der Waals surface area contributed by atoms with Crippen molar-refractivity contribution in [2.45, 2.75) is 39.2 Å². The van der Waals surface area contributed by atoms with E-state index in [4.69, 9.17) is 10.8 Å². The SMILES string of the molecule is CC(C)C(NCCCCC(N)=O)C(=O)O. The summed E-state index contributed by atoms with van der Waals surface area (Å²) in [4.78, 5) is 21.2. The van der Waals surface area contributed by atoms with Crippen molar-refractivity contribution in [1.82, 2.24) is 5.32 Å². The maximum atomic E-state index is 10.8. The number of carbonyl (C=O) groups excluding carboxylic acids is 1. The number of unbranched alkanes of at least 4 members (excludes halogenated alkanes) is 1. The molecule has 0 fully saturated rings. The fraction of sp³-hybridized carbons (Fsp3) is 0.800. The molecular weight excluding hydrogens is 196 g/mol. The Labute approximate surface area is 90.0 Å². The molecule has 0 aromatic carbocycles. The van der Waals surface area contributed by atoms with Crippen LogP contribution in [-0.4, -0.2) is 29.6 Å². The minimum absolute atomic E-state index is 0.0543. The van der Waals surface area contributed by atoms with Crippen molar-refractivity contribution in [2.24, 2.45) is 11.7 Å². The predicted octanol–water partition coefficient (Wildman–Crippen LogP) is 0.341. The molecule has 1 atom stereocenters. The highest BCUT2D eigenvalue weighted by molar-refractivity contribution is 5.74. The van der Waals surface area contributed by atoms with E-state index in [-0.39, 0.29) is 11.8 Å². The third-order valence-corrected chi connectivity index (χ3v) is 2.15. The fourth-order valence-electron chi connectivity index (χ4n) is 1.29. The second kappa shape index (κ2) is 7.23. The number of rotatable bonds is 8. The molecule has 1 amide bonds. The van der Waals surface area contributed by atoms with Gasteiger partial charge in [-0.1, -0.05) is 13.8 Å². The smallest absolute Gasteiger partial charge is 0.320 e. The van der Waals surface area contributed by atoms with Gasteiger partial charge in [-0.15, -0.1) is 0 Å². The van der Waals surface area contributed by atoms with Gasteiger partial charge < -0.3 is 16.2 Å². The van der Waals surface area contributed by atoms with Crippen LogP contribution in [0.4, 0.5) is 0 Å². The maximum absolute atomic E-state index is 10.8. The molecule has 0 aliphatic carbocycles. The summed E-state index contributed by atoms with van der Waals surface area (Å²) in [5, 5.41) is 11.8. The third kappa shape index (κ3) is 6.90. The molecule has 0 aromatic rings. The van der Waals surface area contributed by atoms with E-state index < -0.39 is 12.0 Å². The molecule has 0 heterocycles. The Balaban J connectivity index is 3.63. The zero-order chi connectivity index (χ0) is 11.8. The van der Waals surface area contributed by atoms with Crippen molar-refractivity contribution >= 4 is 11.9 Å². The molecule has 4 N–H and O–H groups in total. The van der Waals surface area contributed by atoms with Gasteiger partial charge in [-0.2, -0.15) is 0 Å². The monoisotopic (exact) mass is 216 g/mol. The number of nitrogens with two attached hydrogens (primary N) is 1. The third-order valence-electron chi connectivity index (χ3n) is 2.15. The summed E-state index contributed by atoms with van der Waals surface area (Å²) in [5.41, 5.74) is 4.98. The second-order valence-electron chi connectivity index (χ2n) is 3.94. The van der Waals surface area contributed by atoms with Crippen LogP contribution in [0.2, 0.25) is 0 Å². The highest BCUT2D eigenvalue weighted by atomic mass is 16.4. The number of carbonyl (C=O) groups is 2. The summed E-state index contributed by atoms with van der Waals surface area (Å²) in [6.45, 7) is 4.31. The van der Waals surface area contributed by atoms with Gasteiger partial charge in [0, 0.05) is 6.42 Å². The topological polar surface area (TPSA) is 92.4 Å². The van der Waals surface area contributed by atoms with Crippen molar-refractivity contribution in [2.75, 3.05) is 6.54 Å². The number of primary amides is 1.